The Morgan fingerprint density at radius 3 is 2.75 bits per heavy atom. The Morgan fingerprint density at radius 2 is 2.00 bits per heavy atom. The van der Waals surface area contributed by atoms with Gasteiger partial charge in [0.25, 0.3) is 0 Å². The number of ether oxygens (including phenoxy) is 2. The Balaban J connectivity index is 1.60. The van der Waals surface area contributed by atoms with Crippen LogP contribution >= 0.6 is 23.2 Å². The molecule has 28 heavy (non-hydrogen) atoms. The quantitative estimate of drug-likeness (QED) is 0.674. The van der Waals surface area contributed by atoms with Gasteiger partial charge in [0.05, 0.1) is 19.6 Å². The Kier molecular flexibility index (Phi) is 5.11. The van der Waals surface area contributed by atoms with Gasteiger partial charge in [0, 0.05) is 15.6 Å². The number of nitrogens with zero attached hydrogens (tertiary/aromatic N) is 3. The third-order valence-electron chi connectivity index (χ3n) is 4.50. The Labute approximate surface area is 171 Å². The van der Waals surface area contributed by atoms with Crippen LogP contribution in [0.15, 0.2) is 42.7 Å². The highest BCUT2D eigenvalue weighted by atomic mass is 35.5. The Bertz CT molecular complexity index is 1020. The SMILES string of the molecule is COc1cc([C@H]2CC(=O)Nc3ncnn32)ccc1OCc1c(Cl)cccc1Cl. The largest absolute Gasteiger partial charge is 0.493 e. The third-order valence-corrected chi connectivity index (χ3v) is 5.21. The van der Waals surface area contributed by atoms with Crippen LogP contribution in [0.3, 0.4) is 0 Å². The molecule has 1 aromatic heterocycles. The second-order valence-corrected chi connectivity index (χ2v) is 7.01. The molecule has 0 saturated heterocycles. The maximum Gasteiger partial charge on any atom is 0.229 e. The number of aromatic nitrogens is 3. The molecule has 1 aliphatic heterocycles. The molecule has 9 heteroatoms. The van der Waals surface area contributed by atoms with Gasteiger partial charge < -0.3 is 9.47 Å². The summed E-state index contributed by atoms with van der Waals surface area (Å²) in [6.45, 7) is 0.202. The highest BCUT2D eigenvalue weighted by molar-refractivity contribution is 6.35. The first-order valence-corrected chi connectivity index (χ1v) is 9.25. The molecule has 0 fully saturated rings. The molecule has 2 aromatic carbocycles. The highest BCUT2D eigenvalue weighted by Crippen LogP contribution is 2.36. The van der Waals surface area contributed by atoms with Crippen LogP contribution in [0.5, 0.6) is 11.5 Å². The van der Waals surface area contributed by atoms with E-state index < -0.39 is 0 Å². The zero-order valence-electron chi connectivity index (χ0n) is 14.9. The normalized spacial score (nSPS) is 15.7. The lowest BCUT2D eigenvalue weighted by Gasteiger charge is -2.24. The fraction of sp³-hybridized carbons (Fsp3) is 0.211. The Morgan fingerprint density at radius 1 is 1.21 bits per heavy atom. The molecule has 2 heterocycles. The molecule has 7 nitrogen and oxygen atoms in total. The van der Waals surface area contributed by atoms with Gasteiger partial charge in [-0.15, -0.1) is 0 Å². The van der Waals surface area contributed by atoms with Gasteiger partial charge >= 0.3 is 0 Å². The summed E-state index contributed by atoms with van der Waals surface area (Å²) in [5.41, 5.74) is 1.56. The van der Waals surface area contributed by atoms with Crippen LogP contribution < -0.4 is 14.8 Å². The lowest BCUT2D eigenvalue weighted by molar-refractivity contribution is -0.117. The van der Waals surface area contributed by atoms with Crippen molar-refractivity contribution >= 4 is 35.1 Å². The van der Waals surface area contributed by atoms with Crippen molar-refractivity contribution in [2.24, 2.45) is 0 Å². The summed E-state index contributed by atoms with van der Waals surface area (Å²) in [7, 11) is 1.56. The number of methoxy groups -OCH3 is 1. The van der Waals surface area contributed by atoms with Crippen molar-refractivity contribution < 1.29 is 14.3 Å². The van der Waals surface area contributed by atoms with Crippen LogP contribution in [0, 0.1) is 0 Å². The van der Waals surface area contributed by atoms with E-state index in [1.807, 2.05) is 12.1 Å². The molecule has 0 unspecified atom stereocenters. The first kappa shape index (κ1) is 18.6. The van der Waals surface area contributed by atoms with E-state index in [9.17, 15) is 4.79 Å². The minimum absolute atomic E-state index is 0.113. The molecule has 3 aromatic rings. The summed E-state index contributed by atoms with van der Waals surface area (Å²) < 4.78 is 13.1. The van der Waals surface area contributed by atoms with Crippen molar-refractivity contribution in [3.8, 4) is 11.5 Å². The first-order valence-electron chi connectivity index (χ1n) is 8.50. The maximum absolute atomic E-state index is 12.0. The van der Waals surface area contributed by atoms with E-state index in [0.29, 0.717) is 33.1 Å². The number of nitrogens with one attached hydrogen (secondary N) is 1. The Hall–Kier alpha value is -2.77. The molecule has 0 saturated carbocycles. The number of halogens is 2. The lowest BCUT2D eigenvalue weighted by atomic mass is 10.0. The molecule has 1 aliphatic rings. The van der Waals surface area contributed by atoms with Crippen LogP contribution in [0.1, 0.15) is 23.6 Å². The van der Waals surface area contributed by atoms with E-state index >= 15 is 0 Å². The van der Waals surface area contributed by atoms with Crippen LogP contribution in [0.4, 0.5) is 5.95 Å². The summed E-state index contributed by atoms with van der Waals surface area (Å²) in [6.07, 6.45) is 1.67. The predicted molar refractivity (Wildman–Crippen MR) is 105 cm³/mol. The van der Waals surface area contributed by atoms with Crippen LogP contribution in [-0.2, 0) is 11.4 Å². The number of hydrogen-bond donors (Lipinski definition) is 1. The molecular weight excluding hydrogens is 403 g/mol. The summed E-state index contributed by atoms with van der Waals surface area (Å²) in [6, 6.07) is 10.5. The molecule has 0 spiro atoms. The molecule has 144 valence electrons. The number of anilines is 1. The minimum atomic E-state index is -0.271. The van der Waals surface area contributed by atoms with Crippen LogP contribution in [0.25, 0.3) is 0 Å². The van der Waals surface area contributed by atoms with E-state index in [1.165, 1.54) is 6.33 Å². The van der Waals surface area contributed by atoms with Gasteiger partial charge in [-0.3, -0.25) is 10.1 Å². The van der Waals surface area contributed by atoms with Crippen molar-refractivity contribution in [3.63, 3.8) is 0 Å². The van der Waals surface area contributed by atoms with Gasteiger partial charge in [-0.05, 0) is 29.8 Å². The molecule has 4 rings (SSSR count). The summed E-state index contributed by atoms with van der Waals surface area (Å²) in [5.74, 6) is 1.39. The second-order valence-electron chi connectivity index (χ2n) is 6.20. The van der Waals surface area contributed by atoms with Crippen molar-refractivity contribution in [2.75, 3.05) is 12.4 Å². The van der Waals surface area contributed by atoms with Gasteiger partial charge in [-0.1, -0.05) is 35.3 Å². The number of hydrogen-bond acceptors (Lipinski definition) is 5. The smallest absolute Gasteiger partial charge is 0.229 e. The number of fused-ring (bicyclic) bond motifs is 1. The lowest BCUT2D eigenvalue weighted by Crippen LogP contribution is -2.29. The predicted octanol–water partition coefficient (Wildman–Crippen LogP) is 4.10. The minimum Gasteiger partial charge on any atom is -0.493 e. The monoisotopic (exact) mass is 418 g/mol. The average Bonchev–Trinajstić information content (AvgIpc) is 3.15. The second kappa shape index (κ2) is 7.69. The standard InChI is InChI=1S/C19H16Cl2N4O3/c1-27-17-7-11(15-8-18(26)24-19-22-10-23-25(15)19)5-6-16(17)28-9-12-13(20)3-2-4-14(12)21/h2-7,10,15H,8-9H2,1H3,(H,22,23,24,26)/t15-/m1/s1. The van der Waals surface area contributed by atoms with E-state index in [2.05, 4.69) is 15.4 Å². The number of amides is 1. The fourth-order valence-electron chi connectivity index (χ4n) is 3.10. The van der Waals surface area contributed by atoms with Crippen molar-refractivity contribution in [1.82, 2.24) is 14.8 Å². The molecule has 0 bridgehead atoms. The van der Waals surface area contributed by atoms with Gasteiger partial charge in [-0.2, -0.15) is 10.1 Å². The average molecular weight is 419 g/mol. The van der Waals surface area contributed by atoms with E-state index in [4.69, 9.17) is 32.7 Å². The van der Waals surface area contributed by atoms with Crippen LogP contribution in [0.2, 0.25) is 10.0 Å². The van der Waals surface area contributed by atoms with Gasteiger partial charge in [0.15, 0.2) is 11.5 Å². The molecule has 1 atom stereocenters. The highest BCUT2D eigenvalue weighted by Gasteiger charge is 2.28. The number of carbonyl (C=O) groups is 1. The van der Waals surface area contributed by atoms with Crippen molar-refractivity contribution in [3.05, 3.63) is 63.9 Å². The molecule has 1 amide bonds. The fourth-order valence-corrected chi connectivity index (χ4v) is 3.60. The molecule has 0 radical (unpaired) electrons. The molecular formula is C19H16Cl2N4O3. The first-order chi connectivity index (χ1) is 13.6. The number of benzene rings is 2. The molecule has 0 aliphatic carbocycles. The van der Waals surface area contributed by atoms with E-state index in [1.54, 1.807) is 36.1 Å². The van der Waals surface area contributed by atoms with E-state index in [0.717, 1.165) is 5.56 Å². The third kappa shape index (κ3) is 3.50. The summed E-state index contributed by atoms with van der Waals surface area (Å²) in [5, 5.41) is 7.98. The van der Waals surface area contributed by atoms with Gasteiger partial charge in [-0.25, -0.2) is 4.68 Å². The van der Waals surface area contributed by atoms with Crippen LogP contribution in [-0.4, -0.2) is 27.8 Å². The van der Waals surface area contributed by atoms with Gasteiger partial charge in [0.2, 0.25) is 11.9 Å². The zero-order chi connectivity index (χ0) is 19.7. The summed E-state index contributed by atoms with van der Waals surface area (Å²) in [4.78, 5) is 16.0. The topological polar surface area (TPSA) is 78.3 Å². The number of rotatable bonds is 5. The van der Waals surface area contributed by atoms with Crippen molar-refractivity contribution in [1.29, 1.82) is 0 Å². The van der Waals surface area contributed by atoms with Gasteiger partial charge in [0.1, 0.15) is 12.9 Å². The summed E-state index contributed by atoms with van der Waals surface area (Å²) >= 11 is 12.4. The maximum atomic E-state index is 12.0. The number of carbonyl (C=O) groups excluding carboxylic acids is 1. The van der Waals surface area contributed by atoms with Crippen molar-refractivity contribution in [2.45, 2.75) is 19.1 Å². The molecule has 1 N–H and O–H groups in total. The zero-order valence-corrected chi connectivity index (χ0v) is 16.4. The van der Waals surface area contributed by atoms with E-state index in [-0.39, 0.29) is 25.0 Å².